The Morgan fingerprint density at radius 2 is 2.20 bits per heavy atom. The molecule has 3 N–H and O–H groups in total. The summed E-state index contributed by atoms with van der Waals surface area (Å²) in [5, 5.41) is 10.8. The van der Waals surface area contributed by atoms with Crippen LogP contribution in [0.1, 0.15) is 12.5 Å². The Hall–Kier alpha value is -2.02. The zero-order valence-electron chi connectivity index (χ0n) is 13.6. The third kappa shape index (κ3) is 4.15. The Balaban J connectivity index is 0.00000225. The first-order chi connectivity index (χ1) is 11.5. The van der Waals surface area contributed by atoms with Crippen molar-refractivity contribution in [1.29, 1.82) is 0 Å². The molecule has 1 aliphatic heterocycles. The number of ether oxygens (including phenoxy) is 1. The smallest absolute Gasteiger partial charge is 0.239 e. The van der Waals surface area contributed by atoms with Gasteiger partial charge >= 0.3 is 0 Å². The number of halogens is 2. The lowest BCUT2D eigenvalue weighted by molar-refractivity contribution is -0.132. The van der Waals surface area contributed by atoms with Gasteiger partial charge in [-0.3, -0.25) is 9.78 Å². The molecular weight excluding hydrogens is 365 g/mol. The van der Waals surface area contributed by atoms with Crippen LogP contribution in [-0.4, -0.2) is 40.1 Å². The Kier molecular flexibility index (Phi) is 6.11. The van der Waals surface area contributed by atoms with Gasteiger partial charge in [-0.2, -0.15) is 0 Å². The third-order valence-electron chi connectivity index (χ3n) is 3.84. The van der Waals surface area contributed by atoms with Crippen LogP contribution in [0.4, 0.5) is 0 Å². The molecule has 134 valence electrons. The first-order valence-electron chi connectivity index (χ1n) is 7.60. The second-order valence-electron chi connectivity index (χ2n) is 5.74. The van der Waals surface area contributed by atoms with Crippen molar-refractivity contribution in [2.24, 2.45) is 5.73 Å². The molecule has 2 heterocycles. The van der Waals surface area contributed by atoms with Gasteiger partial charge in [0.2, 0.25) is 5.91 Å². The average molecular weight is 384 g/mol. The molecule has 0 bridgehead atoms. The molecule has 2 aromatic rings. The number of fused-ring (bicyclic) bond motifs is 1. The van der Waals surface area contributed by atoms with Crippen molar-refractivity contribution in [2.75, 3.05) is 13.2 Å². The van der Waals surface area contributed by atoms with E-state index in [-0.39, 0.29) is 24.1 Å². The van der Waals surface area contributed by atoms with Crippen LogP contribution < -0.4 is 10.5 Å². The van der Waals surface area contributed by atoms with E-state index in [1.54, 1.807) is 36.2 Å². The summed E-state index contributed by atoms with van der Waals surface area (Å²) in [6.45, 7) is 2.70. The fraction of sp³-hybridized carbons (Fsp3) is 0.294. The van der Waals surface area contributed by atoms with Gasteiger partial charge in [0.25, 0.3) is 0 Å². The predicted octanol–water partition coefficient (Wildman–Crippen LogP) is 2.60. The van der Waals surface area contributed by atoms with E-state index >= 15 is 0 Å². The summed E-state index contributed by atoms with van der Waals surface area (Å²) in [5.74, 6) is 0.267. The van der Waals surface area contributed by atoms with Gasteiger partial charge in [-0.05, 0) is 31.2 Å². The van der Waals surface area contributed by atoms with Crippen LogP contribution in [0.25, 0.3) is 11.3 Å². The number of benzene rings is 1. The number of amides is 1. The van der Waals surface area contributed by atoms with Gasteiger partial charge in [0, 0.05) is 23.9 Å². The quantitative estimate of drug-likeness (QED) is 0.831. The van der Waals surface area contributed by atoms with Crippen molar-refractivity contribution in [1.82, 2.24) is 9.88 Å². The number of hydrogen-bond donors (Lipinski definition) is 2. The third-order valence-corrected chi connectivity index (χ3v) is 4.06. The lowest BCUT2D eigenvalue weighted by Crippen LogP contribution is -2.42. The molecule has 8 heteroatoms. The normalized spacial score (nSPS) is 14.6. The van der Waals surface area contributed by atoms with Gasteiger partial charge in [-0.25, -0.2) is 0 Å². The van der Waals surface area contributed by atoms with Crippen LogP contribution in [0.2, 0.25) is 5.02 Å². The number of carbonyl (C=O) groups is 1. The zero-order valence-corrected chi connectivity index (χ0v) is 15.2. The number of hydrogen-bond acceptors (Lipinski definition) is 5. The highest BCUT2D eigenvalue weighted by Crippen LogP contribution is 2.37. The molecule has 0 fully saturated rings. The Labute approximate surface area is 157 Å². The summed E-state index contributed by atoms with van der Waals surface area (Å²) in [6.07, 6.45) is 1.54. The van der Waals surface area contributed by atoms with E-state index in [1.165, 1.54) is 0 Å². The summed E-state index contributed by atoms with van der Waals surface area (Å²) in [6, 6.07) is 6.37. The van der Waals surface area contributed by atoms with Gasteiger partial charge in [0.05, 0.1) is 23.3 Å². The van der Waals surface area contributed by atoms with Crippen LogP contribution in [0.15, 0.2) is 30.5 Å². The van der Waals surface area contributed by atoms with Gasteiger partial charge in [-0.15, -0.1) is 12.4 Å². The molecule has 1 aromatic heterocycles. The van der Waals surface area contributed by atoms with Crippen LogP contribution in [-0.2, 0) is 11.3 Å². The van der Waals surface area contributed by atoms with E-state index in [2.05, 4.69) is 4.98 Å². The Morgan fingerprint density at radius 1 is 1.44 bits per heavy atom. The number of nitrogens with zero attached hydrogens (tertiary/aromatic N) is 2. The molecule has 25 heavy (non-hydrogen) atoms. The van der Waals surface area contributed by atoms with Crippen molar-refractivity contribution in [3.63, 3.8) is 0 Å². The maximum Gasteiger partial charge on any atom is 0.239 e. The van der Waals surface area contributed by atoms with Crippen molar-refractivity contribution in [2.45, 2.75) is 19.5 Å². The Morgan fingerprint density at radius 3 is 2.84 bits per heavy atom. The fourth-order valence-corrected chi connectivity index (χ4v) is 2.78. The highest BCUT2D eigenvalue weighted by atomic mass is 35.5. The van der Waals surface area contributed by atoms with Crippen LogP contribution in [0, 0.1) is 0 Å². The summed E-state index contributed by atoms with van der Waals surface area (Å²) in [4.78, 5) is 18.1. The number of carbonyl (C=O) groups excluding carboxylic acids is 1. The molecule has 1 atom stereocenters. The van der Waals surface area contributed by atoms with E-state index < -0.39 is 6.04 Å². The molecule has 3 rings (SSSR count). The second-order valence-corrected chi connectivity index (χ2v) is 6.18. The monoisotopic (exact) mass is 383 g/mol. The first kappa shape index (κ1) is 19.3. The number of phenolic OH excluding ortho intramolecular Hbond substituents is 1. The number of aromatic hydroxyl groups is 1. The molecule has 1 aliphatic rings. The van der Waals surface area contributed by atoms with Crippen molar-refractivity contribution in [3.8, 4) is 22.8 Å². The summed E-state index contributed by atoms with van der Waals surface area (Å²) in [5.41, 5.74) is 7.81. The molecule has 1 aromatic carbocycles. The number of aromatic nitrogens is 1. The predicted molar refractivity (Wildman–Crippen MR) is 98.2 cm³/mol. The molecule has 1 amide bonds. The Bertz CT molecular complexity index is 766. The van der Waals surface area contributed by atoms with E-state index in [9.17, 15) is 9.90 Å². The zero-order chi connectivity index (χ0) is 17.3. The molecule has 0 aliphatic carbocycles. The summed E-state index contributed by atoms with van der Waals surface area (Å²) >= 11 is 5.86. The molecule has 0 saturated heterocycles. The maximum atomic E-state index is 12.2. The molecular formula is C17H19Cl2N3O3. The molecule has 0 unspecified atom stereocenters. The highest BCUT2D eigenvalue weighted by molar-refractivity contribution is 6.30. The number of phenols is 1. The fourth-order valence-electron chi connectivity index (χ4n) is 2.67. The number of nitrogens with two attached hydrogens (primary N) is 1. The summed E-state index contributed by atoms with van der Waals surface area (Å²) < 4.78 is 5.62. The van der Waals surface area contributed by atoms with Crippen LogP contribution >= 0.6 is 24.0 Å². The second kappa shape index (κ2) is 7.91. The lowest BCUT2D eigenvalue weighted by atomic mass is 10.0. The van der Waals surface area contributed by atoms with E-state index in [0.717, 1.165) is 5.56 Å². The van der Waals surface area contributed by atoms with Crippen LogP contribution in [0.3, 0.4) is 0 Å². The van der Waals surface area contributed by atoms with E-state index in [1.807, 2.05) is 6.07 Å². The SMILES string of the molecule is C[C@@H](N)C(=O)N1CCOc2c(O)cc(-c3ccc(Cl)cn3)cc2C1.Cl. The number of rotatable bonds is 2. The molecule has 6 nitrogen and oxygen atoms in total. The standard InChI is InChI=1S/C17H18ClN3O3.ClH/c1-10(19)17(23)21-4-5-24-16-12(9-21)6-11(7-15(16)22)14-3-2-13(18)8-20-14;/h2-3,6-8,10,22H,4-5,9,19H2,1H3;1H/t10-;/m1./s1. The molecule has 0 spiro atoms. The summed E-state index contributed by atoms with van der Waals surface area (Å²) in [7, 11) is 0. The minimum absolute atomic E-state index is 0. The lowest BCUT2D eigenvalue weighted by Gasteiger charge is -2.21. The average Bonchev–Trinajstić information content (AvgIpc) is 2.77. The van der Waals surface area contributed by atoms with Crippen molar-refractivity contribution >= 4 is 29.9 Å². The van der Waals surface area contributed by atoms with Crippen molar-refractivity contribution in [3.05, 3.63) is 41.0 Å². The van der Waals surface area contributed by atoms with Gasteiger partial charge < -0.3 is 20.5 Å². The molecule has 0 radical (unpaired) electrons. The van der Waals surface area contributed by atoms with E-state index in [4.69, 9.17) is 22.1 Å². The van der Waals surface area contributed by atoms with E-state index in [0.29, 0.717) is 41.7 Å². The minimum atomic E-state index is -0.582. The van der Waals surface area contributed by atoms with Gasteiger partial charge in [0.1, 0.15) is 6.61 Å². The first-order valence-corrected chi connectivity index (χ1v) is 7.98. The molecule has 0 saturated carbocycles. The van der Waals surface area contributed by atoms with Crippen LogP contribution in [0.5, 0.6) is 11.5 Å². The maximum absolute atomic E-state index is 12.2. The van der Waals surface area contributed by atoms with Gasteiger partial charge in [0.15, 0.2) is 11.5 Å². The minimum Gasteiger partial charge on any atom is -0.504 e. The topological polar surface area (TPSA) is 88.7 Å². The number of pyridine rings is 1. The van der Waals surface area contributed by atoms with Gasteiger partial charge in [-0.1, -0.05) is 11.6 Å². The van der Waals surface area contributed by atoms with Crippen molar-refractivity contribution < 1.29 is 14.6 Å². The highest BCUT2D eigenvalue weighted by Gasteiger charge is 2.24. The largest absolute Gasteiger partial charge is 0.504 e.